The molecule has 2 nitrogen and oxygen atoms in total. The molecule has 0 radical (unpaired) electrons. The van der Waals surface area contributed by atoms with E-state index in [-0.39, 0.29) is 15.8 Å². The molecule has 0 amide bonds. The zero-order valence-corrected chi connectivity index (χ0v) is 8.92. The molecule has 0 aromatic carbocycles. The van der Waals surface area contributed by atoms with Gasteiger partial charge in [0.2, 0.25) is 0 Å². The van der Waals surface area contributed by atoms with Crippen molar-refractivity contribution in [1.82, 2.24) is 0 Å². The Balaban J connectivity index is 3.13. The van der Waals surface area contributed by atoms with Crippen molar-refractivity contribution in [2.24, 2.45) is 0 Å². The van der Waals surface area contributed by atoms with E-state index in [1.807, 2.05) is 0 Å². The quantitative estimate of drug-likeness (QED) is 0.327. The molecule has 0 rings (SSSR count). The molecule has 0 atom stereocenters. The molecule has 0 aromatic rings. The van der Waals surface area contributed by atoms with Crippen LogP contribution in [0.15, 0.2) is 12.3 Å². The van der Waals surface area contributed by atoms with Crippen molar-refractivity contribution in [3.8, 4) is 0 Å². The fourth-order valence-electron chi connectivity index (χ4n) is 0.932. The van der Waals surface area contributed by atoms with Crippen LogP contribution in [0.1, 0.15) is 12.8 Å². The first kappa shape index (κ1) is 10.9. The molecule has 0 aromatic heterocycles. The van der Waals surface area contributed by atoms with Gasteiger partial charge in [-0.1, -0.05) is 12.5 Å². The van der Waals surface area contributed by atoms with Gasteiger partial charge in [-0.15, -0.1) is 12.3 Å². The lowest BCUT2D eigenvalue weighted by Crippen LogP contribution is -2.12. The third kappa shape index (κ3) is 6.28. The first-order valence-corrected chi connectivity index (χ1v) is 5.83. The Hall–Kier alpha value is -0.123. The van der Waals surface area contributed by atoms with Crippen LogP contribution in [0.3, 0.4) is 0 Å². The van der Waals surface area contributed by atoms with Crippen molar-refractivity contribution in [3.05, 3.63) is 12.3 Å². The number of ether oxygens (including phenoxy) is 2. The van der Waals surface area contributed by atoms with E-state index >= 15 is 0 Å². The molecule has 0 unspecified atom stereocenters. The van der Waals surface area contributed by atoms with E-state index in [0.29, 0.717) is 0 Å². The fraction of sp³-hybridized carbons (Fsp3) is 0.750. The summed E-state index contributed by atoms with van der Waals surface area (Å²) < 4.78 is 10.1. The van der Waals surface area contributed by atoms with Gasteiger partial charge in [0.15, 0.2) is 6.29 Å². The highest BCUT2D eigenvalue weighted by Crippen LogP contribution is 2.04. The van der Waals surface area contributed by atoms with Gasteiger partial charge in [0.05, 0.1) is 0 Å². The molecule has 0 aliphatic heterocycles. The maximum absolute atomic E-state index is 5.05. The molecular formula is C8H18O2Si. The minimum Gasteiger partial charge on any atom is -0.356 e. The van der Waals surface area contributed by atoms with E-state index in [1.165, 1.54) is 12.5 Å². The third-order valence-electron chi connectivity index (χ3n) is 1.62. The lowest BCUT2D eigenvalue weighted by Gasteiger charge is -2.11. The van der Waals surface area contributed by atoms with E-state index < -0.39 is 0 Å². The van der Waals surface area contributed by atoms with Crippen LogP contribution in [0.4, 0.5) is 0 Å². The largest absolute Gasteiger partial charge is 0.356 e. The van der Waals surface area contributed by atoms with Gasteiger partial charge in [0.1, 0.15) is 0 Å². The fourth-order valence-corrected chi connectivity index (χ4v) is 1.80. The lowest BCUT2D eigenvalue weighted by molar-refractivity contribution is -0.106. The van der Waals surface area contributed by atoms with E-state index in [4.69, 9.17) is 9.47 Å². The average Bonchev–Trinajstić information content (AvgIpc) is 2.05. The summed E-state index contributed by atoms with van der Waals surface area (Å²) in [6, 6.07) is 1.31. The van der Waals surface area contributed by atoms with Crippen LogP contribution in [0.25, 0.3) is 0 Å². The van der Waals surface area contributed by atoms with Crippen molar-refractivity contribution in [1.29, 1.82) is 0 Å². The summed E-state index contributed by atoms with van der Waals surface area (Å²) in [5.41, 5.74) is 2.08. The minimum atomic E-state index is -0.00573. The van der Waals surface area contributed by atoms with Crippen LogP contribution in [-0.4, -0.2) is 30.0 Å². The molecule has 0 aliphatic carbocycles. The lowest BCUT2D eigenvalue weighted by atomic mass is 10.3. The van der Waals surface area contributed by atoms with E-state index in [0.717, 1.165) is 6.42 Å². The van der Waals surface area contributed by atoms with Crippen LogP contribution in [-0.2, 0) is 9.47 Å². The standard InChI is InChI=1S/C8H18O2Si/c1-4-11-7-5-6-8(9-2)10-3/h4,8H,1,5-7,11H2,2-3H3. The highest BCUT2D eigenvalue weighted by atomic mass is 28.2. The van der Waals surface area contributed by atoms with Gasteiger partial charge in [0.25, 0.3) is 0 Å². The Labute approximate surface area is 71.4 Å². The zero-order chi connectivity index (χ0) is 8.53. The molecule has 11 heavy (non-hydrogen) atoms. The van der Waals surface area contributed by atoms with Crippen LogP contribution in [0, 0.1) is 0 Å². The summed E-state index contributed by atoms with van der Waals surface area (Å²) in [6.45, 7) is 3.72. The Morgan fingerprint density at radius 2 is 2.09 bits per heavy atom. The summed E-state index contributed by atoms with van der Waals surface area (Å²) in [7, 11) is 3.38. The van der Waals surface area contributed by atoms with Crippen molar-refractivity contribution < 1.29 is 9.47 Å². The third-order valence-corrected chi connectivity index (χ3v) is 2.94. The molecule has 0 spiro atoms. The van der Waals surface area contributed by atoms with Crippen LogP contribution in [0.5, 0.6) is 0 Å². The number of methoxy groups -OCH3 is 2. The Morgan fingerprint density at radius 1 is 1.45 bits per heavy atom. The molecular weight excluding hydrogens is 156 g/mol. The molecule has 0 fully saturated rings. The summed E-state index contributed by atoms with van der Waals surface area (Å²) in [6.07, 6.45) is 2.20. The SMILES string of the molecule is C=C[SiH2]CCCC(OC)OC. The molecule has 0 bridgehead atoms. The topological polar surface area (TPSA) is 18.5 Å². The van der Waals surface area contributed by atoms with Crippen molar-refractivity contribution >= 4 is 9.52 Å². The summed E-state index contributed by atoms with van der Waals surface area (Å²) in [4.78, 5) is 0. The van der Waals surface area contributed by atoms with Crippen LogP contribution >= 0.6 is 0 Å². The van der Waals surface area contributed by atoms with Crippen LogP contribution < -0.4 is 0 Å². The molecule has 0 N–H and O–H groups in total. The molecule has 0 aliphatic rings. The van der Waals surface area contributed by atoms with E-state index in [9.17, 15) is 0 Å². The van der Waals surface area contributed by atoms with Crippen LogP contribution in [0.2, 0.25) is 6.04 Å². The van der Waals surface area contributed by atoms with E-state index in [2.05, 4.69) is 12.3 Å². The molecule has 0 saturated heterocycles. The normalized spacial score (nSPS) is 11.5. The highest BCUT2D eigenvalue weighted by molar-refractivity contribution is 6.41. The Kier molecular flexibility index (Phi) is 7.89. The second-order valence-corrected chi connectivity index (χ2v) is 4.34. The Bertz CT molecular complexity index is 92.1. The zero-order valence-electron chi connectivity index (χ0n) is 7.51. The molecule has 0 heterocycles. The smallest absolute Gasteiger partial charge is 0.156 e. The Morgan fingerprint density at radius 3 is 2.55 bits per heavy atom. The summed E-state index contributed by atoms with van der Waals surface area (Å²) in [5.74, 6) is 0. The summed E-state index contributed by atoms with van der Waals surface area (Å²) in [5, 5.41) is 0. The highest BCUT2D eigenvalue weighted by Gasteiger charge is 2.02. The summed E-state index contributed by atoms with van der Waals surface area (Å²) >= 11 is 0. The van der Waals surface area contributed by atoms with Crippen molar-refractivity contribution in [2.75, 3.05) is 14.2 Å². The maximum atomic E-state index is 5.05. The van der Waals surface area contributed by atoms with Gasteiger partial charge >= 0.3 is 0 Å². The second kappa shape index (κ2) is 7.98. The predicted molar refractivity (Wildman–Crippen MR) is 50.6 cm³/mol. The molecule has 66 valence electrons. The first-order chi connectivity index (χ1) is 5.35. The first-order valence-electron chi connectivity index (χ1n) is 4.01. The number of hydrogen-bond acceptors (Lipinski definition) is 2. The van der Waals surface area contributed by atoms with Gasteiger partial charge in [-0.2, -0.15) is 0 Å². The minimum absolute atomic E-state index is 0.00573. The predicted octanol–water partition coefficient (Wildman–Crippen LogP) is 1.12. The van der Waals surface area contributed by atoms with Gasteiger partial charge < -0.3 is 9.47 Å². The number of rotatable bonds is 7. The van der Waals surface area contributed by atoms with Gasteiger partial charge in [0, 0.05) is 23.7 Å². The van der Waals surface area contributed by atoms with Crippen molar-refractivity contribution in [2.45, 2.75) is 25.2 Å². The monoisotopic (exact) mass is 174 g/mol. The second-order valence-electron chi connectivity index (χ2n) is 2.47. The van der Waals surface area contributed by atoms with Gasteiger partial charge in [-0.25, -0.2) is 0 Å². The van der Waals surface area contributed by atoms with Gasteiger partial charge in [-0.3, -0.25) is 0 Å². The van der Waals surface area contributed by atoms with Crippen molar-refractivity contribution in [3.63, 3.8) is 0 Å². The molecule has 3 heteroatoms. The molecule has 0 saturated carbocycles. The maximum Gasteiger partial charge on any atom is 0.156 e. The average molecular weight is 174 g/mol. The van der Waals surface area contributed by atoms with E-state index in [1.54, 1.807) is 14.2 Å². The van der Waals surface area contributed by atoms with Gasteiger partial charge in [-0.05, 0) is 6.42 Å². The number of hydrogen-bond donors (Lipinski definition) is 0.